The Morgan fingerprint density at radius 1 is 1.43 bits per heavy atom. The van der Waals surface area contributed by atoms with Crippen molar-refractivity contribution in [2.45, 2.75) is 62.9 Å². The SMILES string of the molecule is O=C(O)C1CCN(Cc2nc(C3CC3)cs2)C2(CCC2)C1. The zero-order chi connectivity index (χ0) is 14.4. The van der Waals surface area contributed by atoms with Crippen LogP contribution in [0.15, 0.2) is 5.38 Å². The van der Waals surface area contributed by atoms with E-state index in [1.165, 1.54) is 30.0 Å². The molecule has 1 spiro atoms. The smallest absolute Gasteiger partial charge is 0.306 e. The van der Waals surface area contributed by atoms with Gasteiger partial charge in [-0.05, 0) is 51.5 Å². The van der Waals surface area contributed by atoms with E-state index in [2.05, 4.69) is 10.3 Å². The second kappa shape index (κ2) is 5.06. The lowest BCUT2D eigenvalue weighted by atomic mass is 9.67. The van der Waals surface area contributed by atoms with E-state index in [-0.39, 0.29) is 11.5 Å². The number of carbonyl (C=O) groups is 1. The summed E-state index contributed by atoms with van der Waals surface area (Å²) in [5.41, 5.74) is 1.45. The Morgan fingerprint density at radius 2 is 2.24 bits per heavy atom. The van der Waals surface area contributed by atoms with Crippen molar-refractivity contribution in [3.8, 4) is 0 Å². The maximum Gasteiger partial charge on any atom is 0.306 e. The van der Waals surface area contributed by atoms with Gasteiger partial charge in [0.1, 0.15) is 5.01 Å². The summed E-state index contributed by atoms with van der Waals surface area (Å²) in [6, 6.07) is 0. The standard InChI is InChI=1S/C16H22N2O2S/c19-15(20)12-4-7-18(16(8-12)5-1-6-16)9-14-17-13(10-21-14)11-2-3-11/h10-12H,1-9H2,(H,19,20). The molecule has 3 fully saturated rings. The average Bonchev–Trinajstić information content (AvgIpc) is 3.18. The Hall–Kier alpha value is -0.940. The van der Waals surface area contributed by atoms with Crippen molar-refractivity contribution in [1.82, 2.24) is 9.88 Å². The average molecular weight is 306 g/mol. The molecule has 2 saturated carbocycles. The van der Waals surface area contributed by atoms with Gasteiger partial charge in [0.05, 0.1) is 18.2 Å². The summed E-state index contributed by atoms with van der Waals surface area (Å²) in [6.07, 6.45) is 7.80. The van der Waals surface area contributed by atoms with E-state index >= 15 is 0 Å². The maximum atomic E-state index is 11.3. The Kier molecular flexibility index (Phi) is 3.30. The summed E-state index contributed by atoms with van der Waals surface area (Å²) in [5, 5.41) is 12.8. The first kappa shape index (κ1) is 13.7. The Balaban J connectivity index is 1.47. The molecule has 0 bridgehead atoms. The largest absolute Gasteiger partial charge is 0.481 e. The van der Waals surface area contributed by atoms with Crippen molar-refractivity contribution in [2.24, 2.45) is 5.92 Å². The van der Waals surface area contributed by atoms with Gasteiger partial charge in [-0.3, -0.25) is 9.69 Å². The van der Waals surface area contributed by atoms with Gasteiger partial charge < -0.3 is 5.11 Å². The van der Waals surface area contributed by atoms with Crippen molar-refractivity contribution in [1.29, 1.82) is 0 Å². The van der Waals surface area contributed by atoms with Crippen LogP contribution in [0.3, 0.4) is 0 Å². The number of piperidine rings is 1. The molecule has 2 aliphatic carbocycles. The van der Waals surface area contributed by atoms with Crippen molar-refractivity contribution < 1.29 is 9.90 Å². The molecule has 114 valence electrons. The molecule has 1 aromatic heterocycles. The quantitative estimate of drug-likeness (QED) is 0.928. The minimum atomic E-state index is -0.605. The molecule has 4 rings (SSSR count). The topological polar surface area (TPSA) is 53.4 Å². The van der Waals surface area contributed by atoms with E-state index in [4.69, 9.17) is 4.98 Å². The van der Waals surface area contributed by atoms with Crippen molar-refractivity contribution >= 4 is 17.3 Å². The third kappa shape index (κ3) is 2.50. The van der Waals surface area contributed by atoms with E-state index < -0.39 is 5.97 Å². The summed E-state index contributed by atoms with van der Waals surface area (Å²) < 4.78 is 0. The highest BCUT2D eigenvalue weighted by molar-refractivity contribution is 7.09. The van der Waals surface area contributed by atoms with Crippen LogP contribution in [0.2, 0.25) is 0 Å². The minimum absolute atomic E-state index is 0.139. The van der Waals surface area contributed by atoms with Crippen LogP contribution in [0.4, 0.5) is 0 Å². The van der Waals surface area contributed by atoms with Gasteiger partial charge in [-0.15, -0.1) is 11.3 Å². The molecule has 1 unspecified atom stereocenters. The van der Waals surface area contributed by atoms with Crippen LogP contribution < -0.4 is 0 Å². The summed E-state index contributed by atoms with van der Waals surface area (Å²) >= 11 is 1.78. The van der Waals surface area contributed by atoms with Crippen molar-refractivity contribution in [3.63, 3.8) is 0 Å². The van der Waals surface area contributed by atoms with Gasteiger partial charge in [0.2, 0.25) is 0 Å². The normalized spacial score (nSPS) is 28.5. The molecule has 0 radical (unpaired) electrons. The van der Waals surface area contributed by atoms with Gasteiger partial charge in [0, 0.05) is 16.8 Å². The van der Waals surface area contributed by atoms with Crippen molar-refractivity contribution in [2.75, 3.05) is 6.54 Å². The van der Waals surface area contributed by atoms with Crippen LogP contribution in [0.5, 0.6) is 0 Å². The summed E-state index contributed by atoms with van der Waals surface area (Å²) in [6.45, 7) is 1.83. The first-order valence-electron chi connectivity index (χ1n) is 8.08. The van der Waals surface area contributed by atoms with Gasteiger partial charge in [0.25, 0.3) is 0 Å². The Morgan fingerprint density at radius 3 is 2.86 bits per heavy atom. The van der Waals surface area contributed by atoms with Crippen LogP contribution in [-0.4, -0.2) is 33.0 Å². The van der Waals surface area contributed by atoms with Crippen LogP contribution in [0.1, 0.15) is 61.6 Å². The van der Waals surface area contributed by atoms with E-state index in [1.807, 2.05) is 0 Å². The molecule has 1 N–H and O–H groups in total. The van der Waals surface area contributed by atoms with Gasteiger partial charge in [-0.25, -0.2) is 4.98 Å². The van der Waals surface area contributed by atoms with Gasteiger partial charge in [-0.2, -0.15) is 0 Å². The second-order valence-corrected chi connectivity index (χ2v) is 7.91. The van der Waals surface area contributed by atoms with Gasteiger partial charge in [0.15, 0.2) is 0 Å². The summed E-state index contributed by atoms with van der Waals surface area (Å²) in [4.78, 5) is 18.6. The highest BCUT2D eigenvalue weighted by atomic mass is 32.1. The molecule has 0 aromatic carbocycles. The fourth-order valence-electron chi connectivity index (χ4n) is 3.93. The van der Waals surface area contributed by atoms with Crippen LogP contribution >= 0.6 is 11.3 Å². The Labute approximate surface area is 129 Å². The number of carboxylic acids is 1. The molecular weight excluding hydrogens is 284 g/mol. The minimum Gasteiger partial charge on any atom is -0.481 e. The monoisotopic (exact) mass is 306 g/mol. The van der Waals surface area contributed by atoms with E-state index in [0.717, 1.165) is 44.7 Å². The molecule has 3 aliphatic rings. The number of aliphatic carboxylic acids is 1. The highest BCUT2D eigenvalue weighted by Gasteiger charge is 2.48. The lowest BCUT2D eigenvalue weighted by molar-refractivity contribution is -0.148. The van der Waals surface area contributed by atoms with Crippen LogP contribution in [0, 0.1) is 5.92 Å². The van der Waals surface area contributed by atoms with E-state index in [9.17, 15) is 9.90 Å². The fourth-order valence-corrected chi connectivity index (χ4v) is 4.82. The lowest BCUT2D eigenvalue weighted by Gasteiger charge is -2.54. The lowest BCUT2D eigenvalue weighted by Crippen LogP contribution is -2.58. The molecule has 1 aromatic rings. The first-order valence-corrected chi connectivity index (χ1v) is 8.96. The third-order valence-electron chi connectivity index (χ3n) is 5.57. The number of likely N-dealkylation sites (tertiary alicyclic amines) is 1. The molecule has 1 saturated heterocycles. The summed E-state index contributed by atoms with van der Waals surface area (Å²) in [7, 11) is 0. The number of nitrogens with zero attached hydrogens (tertiary/aromatic N) is 2. The number of rotatable bonds is 4. The molecule has 1 aliphatic heterocycles. The maximum absolute atomic E-state index is 11.3. The zero-order valence-corrected chi connectivity index (χ0v) is 13.1. The molecule has 4 nitrogen and oxygen atoms in total. The molecule has 2 heterocycles. The number of thiazole rings is 1. The second-order valence-electron chi connectivity index (χ2n) is 6.97. The zero-order valence-electron chi connectivity index (χ0n) is 12.3. The van der Waals surface area contributed by atoms with Gasteiger partial charge in [-0.1, -0.05) is 0 Å². The molecule has 5 heteroatoms. The number of hydrogen-bond donors (Lipinski definition) is 1. The third-order valence-corrected chi connectivity index (χ3v) is 6.42. The Bertz CT molecular complexity index is 548. The van der Waals surface area contributed by atoms with E-state index in [0.29, 0.717) is 0 Å². The number of aromatic nitrogens is 1. The predicted octanol–water partition coefficient (Wildman–Crippen LogP) is 3.24. The van der Waals surface area contributed by atoms with E-state index in [1.54, 1.807) is 11.3 Å². The molecular formula is C16H22N2O2S. The van der Waals surface area contributed by atoms with Gasteiger partial charge >= 0.3 is 5.97 Å². The van der Waals surface area contributed by atoms with Crippen LogP contribution in [0.25, 0.3) is 0 Å². The fraction of sp³-hybridized carbons (Fsp3) is 0.750. The highest BCUT2D eigenvalue weighted by Crippen LogP contribution is 2.47. The van der Waals surface area contributed by atoms with Crippen molar-refractivity contribution in [3.05, 3.63) is 16.1 Å². The summed E-state index contributed by atoms with van der Waals surface area (Å²) in [5.74, 6) is -0.0172. The first-order chi connectivity index (χ1) is 10.2. The molecule has 21 heavy (non-hydrogen) atoms. The molecule has 1 atom stereocenters. The number of hydrogen-bond acceptors (Lipinski definition) is 4. The predicted molar refractivity (Wildman–Crippen MR) is 81.4 cm³/mol. The molecule has 0 amide bonds. The number of carboxylic acid groups (broad SMARTS) is 1. The van der Waals surface area contributed by atoms with Crippen LogP contribution in [-0.2, 0) is 11.3 Å².